The van der Waals surface area contributed by atoms with E-state index in [-0.39, 0.29) is 141 Å². The Labute approximate surface area is 382 Å². The first-order valence-electron chi connectivity index (χ1n) is 12.6. The molecule has 4 rings (SSSR count). The number of hydrogen-bond acceptors (Lipinski definition) is 14. The molecule has 0 saturated carbocycles. The van der Waals surface area contributed by atoms with Crippen molar-refractivity contribution in [2.45, 2.75) is 9.79 Å². The number of carboxylic acid groups (broad SMARTS) is 2. The summed E-state index contributed by atoms with van der Waals surface area (Å²) in [7, 11) is -10.0. The van der Waals surface area contributed by atoms with Crippen LogP contribution in [0.15, 0.2) is 90.9 Å². The van der Waals surface area contributed by atoms with Crippen molar-refractivity contribution in [2.24, 2.45) is 20.5 Å². The normalized spacial score (nSPS) is 11.3. The van der Waals surface area contributed by atoms with Crippen molar-refractivity contribution in [1.29, 1.82) is 0 Å². The van der Waals surface area contributed by atoms with Crippen LogP contribution in [0.4, 0.5) is 22.7 Å². The molecule has 0 unspecified atom stereocenters. The molecule has 4 aromatic carbocycles. The van der Waals surface area contributed by atoms with Crippen molar-refractivity contribution in [3.8, 4) is 23.0 Å². The van der Waals surface area contributed by atoms with Crippen LogP contribution in [0.25, 0.3) is 12.2 Å². The zero-order chi connectivity index (χ0) is 35.6. The Morgan fingerprint density at radius 2 is 0.865 bits per heavy atom. The van der Waals surface area contributed by atoms with Crippen LogP contribution in [0.1, 0.15) is 31.8 Å². The molecule has 0 heterocycles. The summed E-state index contributed by atoms with van der Waals surface area (Å²) in [5.74, 6) is -7.24. The first-order valence-corrected chi connectivity index (χ1v) is 15.5. The average Bonchev–Trinajstić information content (AvgIpc) is 2.97. The molecule has 0 atom stereocenters. The molecule has 4 aromatic rings. The number of benzene rings is 4. The molecule has 0 amide bonds. The molecule has 248 valence electrons. The van der Waals surface area contributed by atoms with Gasteiger partial charge in [-0.25, -0.2) is 9.59 Å². The summed E-state index contributed by atoms with van der Waals surface area (Å²) in [4.78, 5) is 21.2. The molecular weight excluding hydrogens is 772 g/mol. The molecule has 0 aliphatic heterocycles. The first-order chi connectivity index (χ1) is 22.3. The van der Waals surface area contributed by atoms with Gasteiger partial charge in [-0.3, -0.25) is 9.11 Å². The number of carbonyl (C=O) groups is 2. The Balaban J connectivity index is 0.00000650. The van der Waals surface area contributed by atoms with E-state index in [2.05, 4.69) is 20.5 Å². The Hall–Kier alpha value is -2.22. The summed E-state index contributed by atoms with van der Waals surface area (Å²) in [5.41, 5.74) is -4.07. The standard InChI is InChI=1S/C28H20N4O14S2.4Na/c33-17-9-19(27(37)38)25(21(35)11-17)31-29-15-5-3-13(23(7-15)47(41,42)43)1-2-14-4-6-16(8-24(14)48(44,45)46)30-32-26-20(28(39)40)10-18(34)12-22(26)36;;;;/h1-12,33-36H,(H,37,38)(H,39,40)(H,41,42,43)(H,44,45,46);;;;/q;4*+1/p-4/b2-1+,31-29?,32-30?;;;;. The minimum atomic E-state index is -5.01. The van der Waals surface area contributed by atoms with Crippen LogP contribution in [0, 0.1) is 0 Å². The average molecular weight is 789 g/mol. The van der Waals surface area contributed by atoms with E-state index >= 15 is 0 Å². The number of aromatic carboxylic acids is 2. The maximum absolute atomic E-state index is 12.1. The van der Waals surface area contributed by atoms with E-state index in [0.29, 0.717) is 24.3 Å². The van der Waals surface area contributed by atoms with Gasteiger partial charge in [0.1, 0.15) is 9.79 Å². The van der Waals surface area contributed by atoms with E-state index in [4.69, 9.17) is 0 Å². The van der Waals surface area contributed by atoms with Gasteiger partial charge in [0, 0.05) is 0 Å². The molecule has 0 saturated heterocycles. The summed E-state index contributed by atoms with van der Waals surface area (Å²) >= 11 is 0. The predicted octanol–water partition coefficient (Wildman–Crippen LogP) is -9.11. The van der Waals surface area contributed by atoms with Gasteiger partial charge in [-0.15, -0.1) is 11.5 Å². The zero-order valence-corrected chi connectivity index (χ0v) is 37.0. The van der Waals surface area contributed by atoms with E-state index in [1.807, 2.05) is 0 Å². The maximum Gasteiger partial charge on any atom is 1.00 e. The molecule has 0 bridgehead atoms. The van der Waals surface area contributed by atoms with Crippen molar-refractivity contribution in [2.75, 3.05) is 0 Å². The van der Waals surface area contributed by atoms with Gasteiger partial charge in [-0.2, -0.15) is 37.3 Å². The van der Waals surface area contributed by atoms with Gasteiger partial charge in [0.25, 0.3) is 20.2 Å². The fraction of sp³-hybridized carbons (Fsp3) is 0. The second kappa shape index (κ2) is 20.5. The summed E-state index contributed by atoms with van der Waals surface area (Å²) in [6.45, 7) is 0. The minimum absolute atomic E-state index is 0. The Morgan fingerprint density at radius 3 is 1.15 bits per heavy atom. The fourth-order valence-electron chi connectivity index (χ4n) is 3.99. The number of hydrogen-bond donors (Lipinski definition) is 4. The molecule has 0 radical (unpaired) electrons. The summed E-state index contributed by atoms with van der Waals surface area (Å²) < 4.78 is 68.2. The van der Waals surface area contributed by atoms with Gasteiger partial charge in [-0.1, -0.05) is 60.0 Å². The van der Waals surface area contributed by atoms with Crippen molar-refractivity contribution in [3.63, 3.8) is 0 Å². The van der Waals surface area contributed by atoms with Crippen molar-refractivity contribution >= 4 is 67.1 Å². The van der Waals surface area contributed by atoms with Crippen LogP contribution in [-0.4, -0.2) is 48.1 Å². The molecule has 0 aromatic heterocycles. The number of carboxylic acids is 2. The van der Waals surface area contributed by atoms with Crippen LogP contribution >= 0.6 is 0 Å². The third-order valence-corrected chi connectivity index (χ3v) is 7.90. The zero-order valence-electron chi connectivity index (χ0n) is 27.4. The van der Waals surface area contributed by atoms with Gasteiger partial charge < -0.3 is 30.6 Å². The number of rotatable bonds is 10. The van der Waals surface area contributed by atoms with Crippen LogP contribution in [-0.2, 0) is 20.2 Å². The molecule has 18 nitrogen and oxygen atoms in total. The van der Waals surface area contributed by atoms with E-state index in [1.165, 1.54) is 0 Å². The van der Waals surface area contributed by atoms with Crippen LogP contribution in [0.3, 0.4) is 0 Å². The van der Waals surface area contributed by atoms with Crippen molar-refractivity contribution in [1.82, 2.24) is 0 Å². The monoisotopic (exact) mass is 788 g/mol. The third-order valence-electron chi connectivity index (χ3n) is 6.08. The van der Waals surface area contributed by atoms with Gasteiger partial charge >= 0.3 is 130 Å². The molecule has 52 heavy (non-hydrogen) atoms. The maximum atomic E-state index is 12.1. The summed E-state index contributed by atoms with van der Waals surface area (Å²) in [6, 6.07) is 8.40. The largest absolute Gasteiger partial charge is 1.00 e. The third kappa shape index (κ3) is 12.7. The van der Waals surface area contributed by atoms with Crippen molar-refractivity contribution in [3.05, 3.63) is 82.9 Å². The Bertz CT molecular complexity index is 2160. The second-order valence-corrected chi connectivity index (χ2v) is 12.2. The molecule has 0 aliphatic carbocycles. The fourth-order valence-corrected chi connectivity index (χ4v) is 5.39. The molecule has 24 heteroatoms. The van der Waals surface area contributed by atoms with Crippen molar-refractivity contribution < 1.29 is 184 Å². The molecular formula is C28H16N4Na4O14S2. The number of nitrogens with zero attached hydrogens (tertiary/aromatic N) is 4. The Kier molecular flexibility index (Phi) is 19.6. The predicted molar refractivity (Wildman–Crippen MR) is 154 cm³/mol. The van der Waals surface area contributed by atoms with Gasteiger partial charge in [0.05, 0.1) is 33.9 Å². The topological polar surface area (TPSA) is 325 Å². The SMILES string of the molecule is O=C(O)c1cc([O-])cc([O-])c1N=Nc1ccc(/C=C/c2ccc(N=Nc3c([O-])cc([O-])cc3C(=O)O)cc2S(=O)(=O)O)c(S(=O)(=O)O)c1.[Na+].[Na+].[Na+].[Na+]. The first kappa shape index (κ1) is 49.8. The van der Waals surface area contributed by atoms with Crippen LogP contribution in [0.5, 0.6) is 23.0 Å². The van der Waals surface area contributed by atoms with Gasteiger partial charge in [-0.05, 0) is 35.4 Å². The summed E-state index contributed by atoms with van der Waals surface area (Å²) in [6.07, 6.45) is 2.04. The molecule has 0 spiro atoms. The van der Waals surface area contributed by atoms with E-state index < -0.39 is 87.5 Å². The quantitative estimate of drug-likeness (QED) is 0.0502. The summed E-state index contributed by atoms with van der Waals surface area (Å²) in [5, 5.41) is 80.0. The van der Waals surface area contributed by atoms with Crippen LogP contribution in [0.2, 0.25) is 0 Å². The molecule has 4 N–H and O–H groups in total. The van der Waals surface area contributed by atoms with Gasteiger partial charge in [0.15, 0.2) is 0 Å². The van der Waals surface area contributed by atoms with E-state index in [9.17, 15) is 66.2 Å². The molecule has 0 aliphatic rings. The van der Waals surface area contributed by atoms with Gasteiger partial charge in [0.2, 0.25) is 0 Å². The smallest absolute Gasteiger partial charge is 0.872 e. The minimum Gasteiger partial charge on any atom is -0.872 e. The number of azo groups is 2. The Morgan fingerprint density at radius 1 is 0.538 bits per heavy atom. The van der Waals surface area contributed by atoms with E-state index in [0.717, 1.165) is 48.6 Å². The van der Waals surface area contributed by atoms with Crippen LogP contribution < -0.4 is 139 Å². The molecule has 0 fully saturated rings. The second-order valence-electron chi connectivity index (χ2n) is 9.37. The van der Waals surface area contributed by atoms with E-state index in [1.54, 1.807) is 0 Å².